The number of nitrogens with one attached hydrogen (secondary N) is 1. The van der Waals surface area contributed by atoms with Gasteiger partial charge in [0.25, 0.3) is 0 Å². The molecule has 2 heterocycles. The molecule has 3 rings (SSSR count). The van der Waals surface area contributed by atoms with Crippen molar-refractivity contribution < 1.29 is 4.79 Å². The zero-order valence-electron chi connectivity index (χ0n) is 13.8. The fraction of sp³-hybridized carbons (Fsp3) is 0.611. The zero-order valence-corrected chi connectivity index (χ0v) is 16.1. The van der Waals surface area contributed by atoms with Gasteiger partial charge in [-0.2, -0.15) is 0 Å². The van der Waals surface area contributed by atoms with Gasteiger partial charge >= 0.3 is 0 Å². The van der Waals surface area contributed by atoms with Crippen LogP contribution in [0, 0.1) is 5.92 Å². The van der Waals surface area contributed by atoms with Gasteiger partial charge in [0.2, 0.25) is 5.91 Å². The molecule has 1 unspecified atom stereocenters. The summed E-state index contributed by atoms with van der Waals surface area (Å²) in [4.78, 5) is 14.7. The van der Waals surface area contributed by atoms with Crippen molar-refractivity contribution in [3.8, 4) is 0 Å². The highest BCUT2D eigenvalue weighted by Crippen LogP contribution is 2.35. The lowest BCUT2D eigenvalue weighted by Crippen LogP contribution is -2.32. The molecule has 0 saturated carbocycles. The van der Waals surface area contributed by atoms with Crippen LogP contribution in [-0.4, -0.2) is 30.4 Å². The van der Waals surface area contributed by atoms with Crippen LogP contribution in [0.1, 0.15) is 50.1 Å². The van der Waals surface area contributed by atoms with E-state index in [4.69, 9.17) is 23.2 Å². The molecule has 2 aliphatic heterocycles. The van der Waals surface area contributed by atoms with Gasteiger partial charge in [-0.05, 0) is 68.8 Å². The zero-order chi connectivity index (χ0) is 16.2. The van der Waals surface area contributed by atoms with Crippen molar-refractivity contribution in [2.75, 3.05) is 19.6 Å². The van der Waals surface area contributed by atoms with E-state index < -0.39 is 0 Å². The minimum Gasteiger partial charge on any atom is -0.336 e. The summed E-state index contributed by atoms with van der Waals surface area (Å²) >= 11 is 12.1. The molecule has 2 aliphatic rings. The predicted molar refractivity (Wildman–Crippen MR) is 102 cm³/mol. The number of halogens is 3. The van der Waals surface area contributed by atoms with E-state index in [0.29, 0.717) is 22.4 Å². The predicted octanol–water partition coefficient (Wildman–Crippen LogP) is 4.86. The third kappa shape index (κ3) is 4.78. The number of nitrogens with zero attached hydrogens (tertiary/aromatic N) is 1. The number of rotatable bonds is 4. The standard InChI is InChI=1S/C18H24Cl2N2O.ClH/c19-15-5-4-14(12-16(15)20)17-2-1-11-22(17)18(23)6-3-13-7-9-21-10-8-13;/h4-5,12-13,17,21H,1-3,6-11H2;1H. The Kier molecular flexibility index (Phi) is 7.67. The third-order valence-electron chi connectivity index (χ3n) is 5.13. The molecular weight excluding hydrogens is 367 g/mol. The van der Waals surface area contributed by atoms with Gasteiger partial charge in [-0.15, -0.1) is 12.4 Å². The smallest absolute Gasteiger partial charge is 0.223 e. The minimum absolute atomic E-state index is 0. The fourth-order valence-electron chi connectivity index (χ4n) is 3.77. The van der Waals surface area contributed by atoms with Gasteiger partial charge in [0, 0.05) is 13.0 Å². The summed E-state index contributed by atoms with van der Waals surface area (Å²) in [6, 6.07) is 5.89. The number of amides is 1. The van der Waals surface area contributed by atoms with Gasteiger partial charge in [0.05, 0.1) is 16.1 Å². The van der Waals surface area contributed by atoms with E-state index in [1.165, 1.54) is 12.8 Å². The molecule has 24 heavy (non-hydrogen) atoms. The van der Waals surface area contributed by atoms with E-state index in [1.54, 1.807) is 0 Å². The lowest BCUT2D eigenvalue weighted by Gasteiger charge is -2.27. The fourth-order valence-corrected chi connectivity index (χ4v) is 4.08. The van der Waals surface area contributed by atoms with Crippen molar-refractivity contribution in [3.63, 3.8) is 0 Å². The highest BCUT2D eigenvalue weighted by Gasteiger charge is 2.30. The maximum atomic E-state index is 12.7. The van der Waals surface area contributed by atoms with Gasteiger partial charge in [0.1, 0.15) is 0 Å². The average molecular weight is 392 g/mol. The molecule has 3 nitrogen and oxygen atoms in total. The van der Waals surface area contributed by atoms with Crippen LogP contribution in [0.25, 0.3) is 0 Å². The van der Waals surface area contributed by atoms with Crippen molar-refractivity contribution in [1.82, 2.24) is 10.2 Å². The molecule has 0 aliphatic carbocycles. The van der Waals surface area contributed by atoms with Crippen LogP contribution < -0.4 is 5.32 Å². The van der Waals surface area contributed by atoms with Gasteiger partial charge in [-0.25, -0.2) is 0 Å². The van der Waals surface area contributed by atoms with Crippen molar-refractivity contribution >= 4 is 41.5 Å². The van der Waals surface area contributed by atoms with Crippen molar-refractivity contribution in [3.05, 3.63) is 33.8 Å². The molecule has 1 N–H and O–H groups in total. The number of carbonyl (C=O) groups excluding carboxylic acids is 1. The van der Waals surface area contributed by atoms with Crippen molar-refractivity contribution in [1.29, 1.82) is 0 Å². The lowest BCUT2D eigenvalue weighted by atomic mass is 9.93. The Balaban J connectivity index is 0.00000208. The summed E-state index contributed by atoms with van der Waals surface area (Å²) in [7, 11) is 0. The van der Waals surface area contributed by atoms with E-state index in [9.17, 15) is 4.79 Å². The van der Waals surface area contributed by atoms with E-state index in [1.807, 2.05) is 23.1 Å². The Bertz CT molecular complexity index is 561. The van der Waals surface area contributed by atoms with Gasteiger partial charge in [0.15, 0.2) is 0 Å². The minimum atomic E-state index is 0. The summed E-state index contributed by atoms with van der Waals surface area (Å²) in [5, 5.41) is 4.51. The SMILES string of the molecule is Cl.O=C(CCC1CCNCC1)N1CCCC1c1ccc(Cl)c(Cl)c1. The van der Waals surface area contributed by atoms with E-state index in [-0.39, 0.29) is 24.4 Å². The largest absolute Gasteiger partial charge is 0.336 e. The quantitative estimate of drug-likeness (QED) is 0.795. The molecule has 1 amide bonds. The van der Waals surface area contributed by atoms with Gasteiger partial charge < -0.3 is 10.2 Å². The molecule has 0 spiro atoms. The lowest BCUT2D eigenvalue weighted by molar-refractivity contribution is -0.132. The first kappa shape index (κ1) is 19.8. The van der Waals surface area contributed by atoms with Crippen LogP contribution in [0.3, 0.4) is 0 Å². The maximum Gasteiger partial charge on any atom is 0.223 e. The van der Waals surface area contributed by atoms with Crippen molar-refractivity contribution in [2.24, 2.45) is 5.92 Å². The average Bonchev–Trinajstić information content (AvgIpc) is 3.06. The molecule has 1 aromatic rings. The molecule has 1 aromatic carbocycles. The van der Waals surface area contributed by atoms with E-state index in [2.05, 4.69) is 5.32 Å². The Morgan fingerprint density at radius 1 is 1.17 bits per heavy atom. The highest BCUT2D eigenvalue weighted by atomic mass is 35.5. The number of hydrogen-bond acceptors (Lipinski definition) is 2. The normalized spacial score (nSPS) is 21.6. The molecule has 0 radical (unpaired) electrons. The van der Waals surface area contributed by atoms with Crippen LogP contribution in [0.4, 0.5) is 0 Å². The monoisotopic (exact) mass is 390 g/mol. The summed E-state index contributed by atoms with van der Waals surface area (Å²) in [6.07, 6.45) is 6.15. The maximum absolute atomic E-state index is 12.7. The molecular formula is C18H25Cl3N2O. The Hall–Kier alpha value is -0.480. The number of carbonyl (C=O) groups is 1. The van der Waals surface area contributed by atoms with Gasteiger partial charge in [-0.3, -0.25) is 4.79 Å². The molecule has 0 aromatic heterocycles. The summed E-state index contributed by atoms with van der Waals surface area (Å²) in [5.41, 5.74) is 1.10. The second-order valence-electron chi connectivity index (χ2n) is 6.65. The molecule has 1 atom stereocenters. The number of piperidine rings is 1. The first-order valence-corrected chi connectivity index (χ1v) is 9.36. The second-order valence-corrected chi connectivity index (χ2v) is 7.47. The second kappa shape index (κ2) is 9.28. The third-order valence-corrected chi connectivity index (χ3v) is 5.87. The summed E-state index contributed by atoms with van der Waals surface area (Å²) in [5.74, 6) is 0.989. The van der Waals surface area contributed by atoms with E-state index >= 15 is 0 Å². The Morgan fingerprint density at radius 2 is 1.92 bits per heavy atom. The summed E-state index contributed by atoms with van der Waals surface area (Å²) in [6.45, 7) is 3.04. The number of benzene rings is 1. The van der Waals surface area contributed by atoms with Crippen LogP contribution in [0.2, 0.25) is 10.0 Å². The highest BCUT2D eigenvalue weighted by molar-refractivity contribution is 6.42. The van der Waals surface area contributed by atoms with Crippen LogP contribution >= 0.6 is 35.6 Å². The summed E-state index contributed by atoms with van der Waals surface area (Å²) < 4.78 is 0. The molecule has 2 saturated heterocycles. The number of likely N-dealkylation sites (tertiary alicyclic amines) is 1. The van der Waals surface area contributed by atoms with Crippen LogP contribution in [-0.2, 0) is 4.79 Å². The Morgan fingerprint density at radius 3 is 2.62 bits per heavy atom. The van der Waals surface area contributed by atoms with Crippen LogP contribution in [0.5, 0.6) is 0 Å². The number of hydrogen-bond donors (Lipinski definition) is 1. The molecule has 0 bridgehead atoms. The first-order chi connectivity index (χ1) is 11.1. The first-order valence-electron chi connectivity index (χ1n) is 8.60. The topological polar surface area (TPSA) is 32.3 Å². The Labute approximate surface area is 160 Å². The van der Waals surface area contributed by atoms with Crippen molar-refractivity contribution in [2.45, 2.75) is 44.6 Å². The van der Waals surface area contributed by atoms with Gasteiger partial charge in [-0.1, -0.05) is 29.3 Å². The molecule has 134 valence electrons. The van der Waals surface area contributed by atoms with Crippen LogP contribution in [0.15, 0.2) is 18.2 Å². The molecule has 2 fully saturated rings. The molecule has 6 heteroatoms. The van der Waals surface area contributed by atoms with E-state index in [0.717, 1.165) is 44.5 Å².